The molecule has 120 valence electrons. The van der Waals surface area contributed by atoms with Crippen molar-refractivity contribution in [1.82, 2.24) is 10.3 Å². The number of benzene rings is 1. The van der Waals surface area contributed by atoms with E-state index in [0.29, 0.717) is 6.54 Å². The molecule has 0 saturated carbocycles. The smallest absolute Gasteiger partial charge is 0.223 e. The van der Waals surface area contributed by atoms with Crippen LogP contribution in [0, 0.1) is 5.92 Å². The van der Waals surface area contributed by atoms with Crippen molar-refractivity contribution < 1.29 is 4.79 Å². The molecule has 1 saturated heterocycles. The van der Waals surface area contributed by atoms with Gasteiger partial charge in [-0.3, -0.25) is 9.78 Å². The number of carbonyl (C=O) groups excluding carboxylic acids is 1. The first-order valence-electron chi connectivity index (χ1n) is 7.99. The topological polar surface area (TPSA) is 71.2 Å². The molecule has 23 heavy (non-hydrogen) atoms. The van der Waals surface area contributed by atoms with E-state index in [1.165, 1.54) is 5.69 Å². The summed E-state index contributed by atoms with van der Waals surface area (Å²) >= 11 is 0. The zero-order valence-corrected chi connectivity index (χ0v) is 13.1. The molecule has 1 fully saturated rings. The lowest BCUT2D eigenvalue weighted by Crippen LogP contribution is -2.40. The van der Waals surface area contributed by atoms with E-state index in [-0.39, 0.29) is 11.8 Å². The van der Waals surface area contributed by atoms with Crippen LogP contribution in [0.15, 0.2) is 48.8 Å². The van der Waals surface area contributed by atoms with Gasteiger partial charge in [0.2, 0.25) is 5.91 Å². The molecule has 0 unspecified atom stereocenters. The third-order valence-corrected chi connectivity index (χ3v) is 4.34. The highest BCUT2D eigenvalue weighted by atomic mass is 16.1. The fourth-order valence-corrected chi connectivity index (χ4v) is 2.92. The fraction of sp³-hybridized carbons (Fsp3) is 0.333. The van der Waals surface area contributed by atoms with Crippen LogP contribution in [-0.4, -0.2) is 24.0 Å². The molecule has 2 heterocycles. The fourth-order valence-electron chi connectivity index (χ4n) is 2.92. The Morgan fingerprint density at radius 1 is 1.13 bits per heavy atom. The summed E-state index contributed by atoms with van der Waals surface area (Å²) in [5.74, 6) is 0.251. The molecule has 2 aromatic rings. The van der Waals surface area contributed by atoms with E-state index in [9.17, 15) is 4.79 Å². The van der Waals surface area contributed by atoms with E-state index in [2.05, 4.69) is 15.2 Å². The number of nitrogens with two attached hydrogens (primary N) is 1. The van der Waals surface area contributed by atoms with Crippen LogP contribution in [0.25, 0.3) is 0 Å². The maximum atomic E-state index is 12.3. The molecule has 5 heteroatoms. The number of aromatic nitrogens is 1. The Morgan fingerprint density at radius 2 is 1.78 bits per heavy atom. The predicted molar refractivity (Wildman–Crippen MR) is 91.9 cm³/mol. The van der Waals surface area contributed by atoms with Gasteiger partial charge in [-0.25, -0.2) is 0 Å². The van der Waals surface area contributed by atoms with E-state index < -0.39 is 0 Å². The lowest BCUT2D eigenvalue weighted by atomic mass is 9.95. The highest BCUT2D eigenvalue weighted by Crippen LogP contribution is 2.24. The second-order valence-corrected chi connectivity index (χ2v) is 5.93. The molecule has 3 rings (SSSR count). The van der Waals surface area contributed by atoms with Crippen LogP contribution >= 0.6 is 0 Å². The first-order chi connectivity index (χ1) is 11.2. The van der Waals surface area contributed by atoms with Crippen molar-refractivity contribution in [3.63, 3.8) is 0 Å². The average Bonchev–Trinajstić information content (AvgIpc) is 2.61. The largest absolute Gasteiger partial charge is 0.399 e. The van der Waals surface area contributed by atoms with E-state index >= 15 is 0 Å². The number of nitrogens with one attached hydrogen (secondary N) is 1. The number of nitrogens with zero attached hydrogens (tertiary/aromatic N) is 2. The van der Waals surface area contributed by atoms with E-state index in [0.717, 1.165) is 37.2 Å². The van der Waals surface area contributed by atoms with Gasteiger partial charge in [-0.2, -0.15) is 0 Å². The van der Waals surface area contributed by atoms with Crippen molar-refractivity contribution >= 4 is 17.3 Å². The molecule has 0 spiro atoms. The minimum atomic E-state index is 0.0990. The zero-order valence-electron chi connectivity index (χ0n) is 13.1. The summed E-state index contributed by atoms with van der Waals surface area (Å²) in [4.78, 5) is 18.6. The lowest BCUT2D eigenvalue weighted by molar-refractivity contribution is -0.125. The van der Waals surface area contributed by atoms with Gasteiger partial charge >= 0.3 is 0 Å². The van der Waals surface area contributed by atoms with Crippen molar-refractivity contribution in [1.29, 1.82) is 0 Å². The van der Waals surface area contributed by atoms with Crippen LogP contribution in [0.3, 0.4) is 0 Å². The van der Waals surface area contributed by atoms with Gasteiger partial charge in [0.05, 0.1) is 0 Å². The molecular weight excluding hydrogens is 288 g/mol. The molecule has 0 radical (unpaired) electrons. The standard InChI is InChI=1S/C18H22N4O/c19-16-1-3-17(4-2-16)22-11-7-15(8-12-22)18(23)21-13-14-5-9-20-10-6-14/h1-6,9-10,15H,7-8,11-13,19H2,(H,21,23). The van der Waals surface area contributed by atoms with Crippen LogP contribution in [-0.2, 0) is 11.3 Å². The number of piperidine rings is 1. The van der Waals surface area contributed by atoms with Gasteiger partial charge in [-0.15, -0.1) is 0 Å². The maximum Gasteiger partial charge on any atom is 0.223 e. The van der Waals surface area contributed by atoms with E-state index in [1.54, 1.807) is 12.4 Å². The van der Waals surface area contributed by atoms with E-state index in [1.807, 2.05) is 36.4 Å². The third kappa shape index (κ3) is 4.00. The van der Waals surface area contributed by atoms with Gasteiger partial charge in [0.25, 0.3) is 0 Å². The van der Waals surface area contributed by atoms with Crippen molar-refractivity contribution in [3.8, 4) is 0 Å². The van der Waals surface area contributed by atoms with Gasteiger partial charge < -0.3 is 16.0 Å². The SMILES string of the molecule is Nc1ccc(N2CCC(C(=O)NCc3ccncc3)CC2)cc1. The first kappa shape index (κ1) is 15.3. The molecule has 0 atom stereocenters. The molecule has 1 aliphatic heterocycles. The van der Waals surface area contributed by atoms with Crippen LogP contribution in [0.5, 0.6) is 0 Å². The summed E-state index contributed by atoms with van der Waals surface area (Å²) in [6, 6.07) is 11.8. The zero-order chi connectivity index (χ0) is 16.1. The Bertz CT molecular complexity index is 634. The van der Waals surface area contributed by atoms with Gasteiger partial charge in [0, 0.05) is 49.3 Å². The predicted octanol–water partition coefficient (Wildman–Crippen LogP) is 2.20. The van der Waals surface area contributed by atoms with Crippen molar-refractivity contribution in [3.05, 3.63) is 54.4 Å². The summed E-state index contributed by atoms with van der Waals surface area (Å²) in [5.41, 5.74) is 8.75. The van der Waals surface area contributed by atoms with Crippen LogP contribution < -0.4 is 16.0 Å². The number of amides is 1. The summed E-state index contributed by atoms with van der Waals surface area (Å²) in [6.45, 7) is 2.37. The van der Waals surface area contributed by atoms with E-state index in [4.69, 9.17) is 5.73 Å². The number of anilines is 2. The second kappa shape index (κ2) is 7.13. The number of hydrogen-bond donors (Lipinski definition) is 2. The molecule has 1 aromatic heterocycles. The minimum Gasteiger partial charge on any atom is -0.399 e. The monoisotopic (exact) mass is 310 g/mol. The summed E-state index contributed by atoms with van der Waals surface area (Å²) in [7, 11) is 0. The number of hydrogen-bond acceptors (Lipinski definition) is 4. The van der Waals surface area contributed by atoms with Crippen LogP contribution in [0.2, 0.25) is 0 Å². The Balaban J connectivity index is 1.48. The number of nitrogen functional groups attached to an aromatic ring is 1. The first-order valence-corrected chi connectivity index (χ1v) is 7.99. The summed E-state index contributed by atoms with van der Waals surface area (Å²) < 4.78 is 0. The Kier molecular flexibility index (Phi) is 4.76. The number of rotatable bonds is 4. The van der Waals surface area contributed by atoms with Crippen LogP contribution in [0.4, 0.5) is 11.4 Å². The molecular formula is C18H22N4O. The lowest BCUT2D eigenvalue weighted by Gasteiger charge is -2.33. The maximum absolute atomic E-state index is 12.3. The molecule has 1 aromatic carbocycles. The molecule has 0 aliphatic carbocycles. The Labute approximate surface area is 136 Å². The Morgan fingerprint density at radius 3 is 2.43 bits per heavy atom. The highest BCUT2D eigenvalue weighted by Gasteiger charge is 2.24. The molecule has 5 nitrogen and oxygen atoms in total. The molecule has 3 N–H and O–H groups in total. The van der Waals surface area contributed by atoms with Crippen molar-refractivity contribution in [2.75, 3.05) is 23.7 Å². The highest BCUT2D eigenvalue weighted by molar-refractivity contribution is 5.79. The third-order valence-electron chi connectivity index (χ3n) is 4.34. The number of carbonyl (C=O) groups is 1. The van der Waals surface area contributed by atoms with Crippen molar-refractivity contribution in [2.45, 2.75) is 19.4 Å². The summed E-state index contributed by atoms with van der Waals surface area (Å²) in [5, 5.41) is 3.03. The Hall–Kier alpha value is -2.56. The molecule has 1 amide bonds. The van der Waals surface area contributed by atoms with Gasteiger partial charge in [-0.05, 0) is 54.8 Å². The number of pyridine rings is 1. The van der Waals surface area contributed by atoms with Crippen LogP contribution in [0.1, 0.15) is 18.4 Å². The molecule has 0 bridgehead atoms. The van der Waals surface area contributed by atoms with Crippen molar-refractivity contribution in [2.24, 2.45) is 5.92 Å². The quantitative estimate of drug-likeness (QED) is 0.849. The van der Waals surface area contributed by atoms with Gasteiger partial charge in [0.15, 0.2) is 0 Å². The minimum absolute atomic E-state index is 0.0990. The normalized spacial score (nSPS) is 15.4. The second-order valence-electron chi connectivity index (χ2n) is 5.93. The average molecular weight is 310 g/mol. The molecule has 1 aliphatic rings. The summed E-state index contributed by atoms with van der Waals surface area (Å²) in [6.07, 6.45) is 5.25. The van der Waals surface area contributed by atoms with Gasteiger partial charge in [-0.1, -0.05) is 0 Å². The van der Waals surface area contributed by atoms with Gasteiger partial charge in [0.1, 0.15) is 0 Å².